The van der Waals surface area contributed by atoms with Gasteiger partial charge in [-0.15, -0.1) is 0 Å². The lowest BCUT2D eigenvalue weighted by molar-refractivity contribution is -0.138. The van der Waals surface area contributed by atoms with Crippen LogP contribution in [-0.4, -0.2) is 18.2 Å². The molecule has 104 valence electrons. The smallest absolute Gasteiger partial charge is 0.330 e. The highest BCUT2D eigenvalue weighted by atomic mass is 16.5. The van der Waals surface area contributed by atoms with Gasteiger partial charge in [0.25, 0.3) is 0 Å². The van der Waals surface area contributed by atoms with Crippen LogP contribution in [0.25, 0.3) is 0 Å². The van der Waals surface area contributed by atoms with E-state index in [2.05, 4.69) is 5.32 Å². The molecule has 0 amide bonds. The number of hydrogen-bond donors (Lipinski definition) is 2. The van der Waals surface area contributed by atoms with Crippen molar-refractivity contribution in [1.82, 2.24) is 0 Å². The summed E-state index contributed by atoms with van der Waals surface area (Å²) >= 11 is 0. The molecule has 0 bridgehead atoms. The molecule has 0 aromatic heterocycles. The Balaban J connectivity index is 2.21. The van der Waals surface area contributed by atoms with Crippen molar-refractivity contribution in [3.05, 3.63) is 65.7 Å². The lowest BCUT2D eigenvalue weighted by Gasteiger charge is -2.16. The largest absolute Gasteiger partial charge is 0.479 e. The van der Waals surface area contributed by atoms with E-state index in [1.54, 1.807) is 19.2 Å². The zero-order chi connectivity index (χ0) is 14.4. The Morgan fingerprint density at radius 1 is 1.20 bits per heavy atom. The topological polar surface area (TPSA) is 58.6 Å². The normalized spacial score (nSPS) is 11.8. The molecule has 1 atom stereocenters. The molecule has 0 fully saturated rings. The summed E-state index contributed by atoms with van der Waals surface area (Å²) in [6.45, 7) is 0.499. The van der Waals surface area contributed by atoms with Crippen LogP contribution < -0.4 is 5.32 Å². The first-order valence-electron chi connectivity index (χ1n) is 6.33. The summed E-state index contributed by atoms with van der Waals surface area (Å²) in [4.78, 5) is 11.4. The molecule has 20 heavy (non-hydrogen) atoms. The number of benzene rings is 2. The van der Waals surface area contributed by atoms with Crippen molar-refractivity contribution in [2.24, 2.45) is 0 Å². The highest BCUT2D eigenvalue weighted by molar-refractivity contribution is 5.79. The predicted octanol–water partition coefficient (Wildman–Crippen LogP) is 3.07. The second kappa shape index (κ2) is 6.73. The van der Waals surface area contributed by atoms with Gasteiger partial charge in [-0.2, -0.15) is 0 Å². The Morgan fingerprint density at radius 3 is 2.60 bits per heavy atom. The number of aliphatic carboxylic acids is 1. The van der Waals surface area contributed by atoms with Crippen LogP contribution in [0.3, 0.4) is 0 Å². The molecule has 1 unspecified atom stereocenters. The summed E-state index contributed by atoms with van der Waals surface area (Å²) in [7, 11) is 1.63. The molecule has 0 aliphatic heterocycles. The number of ether oxygens (including phenoxy) is 1. The van der Waals surface area contributed by atoms with Gasteiger partial charge in [0, 0.05) is 12.8 Å². The summed E-state index contributed by atoms with van der Waals surface area (Å²) in [6, 6.07) is 15.9. The number of nitrogens with one attached hydrogen (secondary N) is 1. The number of carboxylic acid groups (broad SMARTS) is 1. The lowest BCUT2D eigenvalue weighted by Crippen LogP contribution is -2.20. The van der Waals surface area contributed by atoms with Gasteiger partial charge in [0.1, 0.15) is 0 Å². The molecular weight excluding hydrogens is 254 g/mol. The van der Waals surface area contributed by atoms with Crippen molar-refractivity contribution in [3.63, 3.8) is 0 Å². The Kier molecular flexibility index (Phi) is 4.74. The minimum Gasteiger partial charge on any atom is -0.479 e. The quantitative estimate of drug-likeness (QED) is 0.847. The standard InChI is InChI=1S/C16H17NO3/c1-20-11-12-6-5-9-14(10-12)17-15(16(18)19)13-7-3-2-4-8-13/h2-10,15,17H,11H2,1H3,(H,18,19). The van der Waals surface area contributed by atoms with Gasteiger partial charge in [-0.25, -0.2) is 4.79 Å². The van der Waals surface area contributed by atoms with Crippen molar-refractivity contribution < 1.29 is 14.6 Å². The lowest BCUT2D eigenvalue weighted by atomic mass is 10.1. The predicted molar refractivity (Wildman–Crippen MR) is 77.6 cm³/mol. The van der Waals surface area contributed by atoms with Crippen LogP contribution in [0.4, 0.5) is 5.69 Å². The van der Waals surface area contributed by atoms with Crippen LogP contribution in [0.5, 0.6) is 0 Å². The minimum absolute atomic E-state index is 0.499. The molecule has 0 heterocycles. The molecule has 4 heteroatoms. The first kappa shape index (κ1) is 14.1. The van der Waals surface area contributed by atoms with Crippen molar-refractivity contribution in [2.45, 2.75) is 12.6 Å². The Labute approximate surface area is 118 Å². The van der Waals surface area contributed by atoms with Crippen molar-refractivity contribution >= 4 is 11.7 Å². The fourth-order valence-corrected chi connectivity index (χ4v) is 2.02. The molecule has 0 aliphatic carbocycles. The van der Waals surface area contributed by atoms with Gasteiger partial charge in [0.15, 0.2) is 6.04 Å². The molecular formula is C16H17NO3. The second-order valence-corrected chi connectivity index (χ2v) is 4.46. The molecule has 0 saturated heterocycles. The molecule has 4 nitrogen and oxygen atoms in total. The third-order valence-corrected chi connectivity index (χ3v) is 2.93. The van der Waals surface area contributed by atoms with E-state index in [1.807, 2.05) is 42.5 Å². The molecule has 0 aliphatic rings. The van der Waals surface area contributed by atoms with E-state index < -0.39 is 12.0 Å². The highest BCUT2D eigenvalue weighted by Crippen LogP contribution is 2.21. The zero-order valence-corrected chi connectivity index (χ0v) is 11.2. The van der Waals surface area contributed by atoms with Crippen molar-refractivity contribution in [2.75, 3.05) is 12.4 Å². The maximum atomic E-state index is 11.4. The minimum atomic E-state index is -0.909. The van der Waals surface area contributed by atoms with Gasteiger partial charge in [-0.05, 0) is 23.3 Å². The number of carboxylic acids is 1. The third kappa shape index (κ3) is 3.59. The molecule has 2 aromatic rings. The van der Waals surface area contributed by atoms with Gasteiger partial charge in [-0.3, -0.25) is 0 Å². The van der Waals surface area contributed by atoms with E-state index in [9.17, 15) is 9.90 Å². The maximum absolute atomic E-state index is 11.4. The van der Waals surface area contributed by atoms with Crippen LogP contribution in [0.15, 0.2) is 54.6 Å². The van der Waals surface area contributed by atoms with Crippen LogP contribution in [-0.2, 0) is 16.1 Å². The molecule has 2 N–H and O–H groups in total. The third-order valence-electron chi connectivity index (χ3n) is 2.93. The summed E-state index contributed by atoms with van der Waals surface area (Å²) in [6.07, 6.45) is 0. The summed E-state index contributed by atoms with van der Waals surface area (Å²) in [5.74, 6) is -0.909. The number of hydrogen-bond acceptors (Lipinski definition) is 3. The molecule has 2 aromatic carbocycles. The van der Waals surface area contributed by atoms with E-state index in [-0.39, 0.29) is 0 Å². The van der Waals surface area contributed by atoms with Gasteiger partial charge >= 0.3 is 5.97 Å². The van der Waals surface area contributed by atoms with Crippen molar-refractivity contribution in [1.29, 1.82) is 0 Å². The van der Waals surface area contributed by atoms with E-state index in [4.69, 9.17) is 4.74 Å². The fraction of sp³-hybridized carbons (Fsp3) is 0.188. The number of carbonyl (C=O) groups is 1. The average Bonchev–Trinajstić information content (AvgIpc) is 2.46. The van der Waals surface area contributed by atoms with Gasteiger partial charge in [-0.1, -0.05) is 42.5 Å². The number of methoxy groups -OCH3 is 1. The Hall–Kier alpha value is -2.33. The van der Waals surface area contributed by atoms with Crippen LogP contribution in [0.1, 0.15) is 17.2 Å². The average molecular weight is 271 g/mol. The molecule has 0 radical (unpaired) electrons. The summed E-state index contributed by atoms with van der Waals surface area (Å²) < 4.78 is 5.08. The molecule has 0 spiro atoms. The Bertz CT molecular complexity index is 569. The van der Waals surface area contributed by atoms with Crippen LogP contribution in [0, 0.1) is 0 Å². The van der Waals surface area contributed by atoms with Crippen LogP contribution >= 0.6 is 0 Å². The van der Waals surface area contributed by atoms with Gasteiger partial charge in [0.2, 0.25) is 0 Å². The van der Waals surface area contributed by atoms with Gasteiger partial charge < -0.3 is 15.2 Å². The van der Waals surface area contributed by atoms with Crippen molar-refractivity contribution in [3.8, 4) is 0 Å². The number of anilines is 1. The summed E-state index contributed by atoms with van der Waals surface area (Å²) in [5.41, 5.74) is 2.47. The van der Waals surface area contributed by atoms with E-state index in [1.165, 1.54) is 0 Å². The second-order valence-electron chi connectivity index (χ2n) is 4.46. The Morgan fingerprint density at radius 2 is 1.95 bits per heavy atom. The summed E-state index contributed by atoms with van der Waals surface area (Å²) in [5, 5.41) is 12.4. The number of rotatable bonds is 6. The van der Waals surface area contributed by atoms with E-state index >= 15 is 0 Å². The maximum Gasteiger partial charge on any atom is 0.330 e. The van der Waals surface area contributed by atoms with E-state index in [0.717, 1.165) is 16.8 Å². The highest BCUT2D eigenvalue weighted by Gasteiger charge is 2.19. The molecule has 2 rings (SSSR count). The fourth-order valence-electron chi connectivity index (χ4n) is 2.02. The molecule has 0 saturated carbocycles. The van der Waals surface area contributed by atoms with E-state index in [0.29, 0.717) is 6.61 Å². The zero-order valence-electron chi connectivity index (χ0n) is 11.2. The van der Waals surface area contributed by atoms with Gasteiger partial charge in [0.05, 0.1) is 6.61 Å². The monoisotopic (exact) mass is 271 g/mol. The van der Waals surface area contributed by atoms with Crippen LogP contribution in [0.2, 0.25) is 0 Å². The SMILES string of the molecule is COCc1cccc(NC(C(=O)O)c2ccccc2)c1. The first-order valence-corrected chi connectivity index (χ1v) is 6.33. The first-order chi connectivity index (χ1) is 9.70.